The van der Waals surface area contributed by atoms with Crippen LogP contribution in [0.15, 0.2) is 24.3 Å². The molecule has 1 saturated heterocycles. The van der Waals surface area contributed by atoms with Gasteiger partial charge in [-0.25, -0.2) is 0 Å². The van der Waals surface area contributed by atoms with Gasteiger partial charge < -0.3 is 10.6 Å². The largest absolute Gasteiger partial charge is 0.352 e. The van der Waals surface area contributed by atoms with Crippen LogP contribution in [-0.4, -0.2) is 66.4 Å². The summed E-state index contributed by atoms with van der Waals surface area (Å²) in [4.78, 5) is 29.5. The predicted molar refractivity (Wildman–Crippen MR) is 122 cm³/mol. The molecule has 166 valence electrons. The number of hydrogen-bond acceptors (Lipinski definition) is 4. The first-order valence-electron chi connectivity index (χ1n) is 11.2. The molecule has 1 aliphatic heterocycles. The van der Waals surface area contributed by atoms with Gasteiger partial charge in [0.15, 0.2) is 0 Å². The normalized spacial score (nSPS) is 26.7. The number of halogens is 1. The number of benzene rings is 1. The summed E-state index contributed by atoms with van der Waals surface area (Å²) >= 11 is 6.11. The molecule has 1 aromatic rings. The Bertz CT molecular complexity index is 736. The minimum Gasteiger partial charge on any atom is -0.352 e. The zero-order chi connectivity index (χ0) is 21.7. The Labute approximate surface area is 185 Å². The van der Waals surface area contributed by atoms with Crippen LogP contribution in [-0.2, 0) is 9.59 Å². The van der Waals surface area contributed by atoms with Gasteiger partial charge in [0.2, 0.25) is 11.8 Å². The lowest BCUT2D eigenvalue weighted by Gasteiger charge is -2.39. The summed E-state index contributed by atoms with van der Waals surface area (Å²) < 4.78 is 0. The van der Waals surface area contributed by atoms with Crippen LogP contribution in [0.2, 0.25) is 5.02 Å². The summed E-state index contributed by atoms with van der Waals surface area (Å²) in [6.07, 6.45) is 3.53. The maximum absolute atomic E-state index is 12.8. The average molecular weight is 435 g/mol. The van der Waals surface area contributed by atoms with Crippen LogP contribution in [0.5, 0.6) is 0 Å². The van der Waals surface area contributed by atoms with Crippen LogP contribution in [0.25, 0.3) is 0 Å². The molecule has 30 heavy (non-hydrogen) atoms. The van der Waals surface area contributed by atoms with E-state index in [4.69, 9.17) is 11.6 Å². The fourth-order valence-corrected chi connectivity index (χ4v) is 4.70. The van der Waals surface area contributed by atoms with Gasteiger partial charge in [-0.1, -0.05) is 50.4 Å². The molecule has 2 amide bonds. The minimum atomic E-state index is -0.145. The SMILES string of the molecule is C[C@@H]1[C@@H](C)CCC[C@H]1NC(=O)[C@@H](C)N1CCN(CC(=O)Nc2ccccc2Cl)CC1. The average Bonchev–Trinajstić information content (AvgIpc) is 2.73. The molecule has 0 unspecified atom stereocenters. The number of carbonyl (C=O) groups is 2. The Morgan fingerprint density at radius 1 is 1.13 bits per heavy atom. The van der Waals surface area contributed by atoms with Crippen LogP contribution in [0, 0.1) is 11.8 Å². The molecular weight excluding hydrogens is 400 g/mol. The monoisotopic (exact) mass is 434 g/mol. The second-order valence-electron chi connectivity index (χ2n) is 8.90. The summed E-state index contributed by atoms with van der Waals surface area (Å²) in [6.45, 7) is 9.96. The van der Waals surface area contributed by atoms with Crippen molar-refractivity contribution >= 4 is 29.1 Å². The van der Waals surface area contributed by atoms with Crippen LogP contribution < -0.4 is 10.6 Å². The smallest absolute Gasteiger partial charge is 0.238 e. The first-order chi connectivity index (χ1) is 14.3. The van der Waals surface area contributed by atoms with E-state index in [1.807, 2.05) is 19.1 Å². The van der Waals surface area contributed by atoms with Gasteiger partial charge in [0.05, 0.1) is 23.3 Å². The third-order valence-corrected chi connectivity index (χ3v) is 7.21. The maximum atomic E-state index is 12.8. The Balaban J connectivity index is 1.42. The van der Waals surface area contributed by atoms with Crippen LogP contribution in [0.4, 0.5) is 5.69 Å². The minimum absolute atomic E-state index is 0.0669. The van der Waals surface area contributed by atoms with Crippen molar-refractivity contribution in [1.82, 2.24) is 15.1 Å². The summed E-state index contributed by atoms with van der Waals surface area (Å²) in [5.74, 6) is 1.26. The van der Waals surface area contributed by atoms with Crippen molar-refractivity contribution in [1.29, 1.82) is 0 Å². The van der Waals surface area contributed by atoms with E-state index in [2.05, 4.69) is 34.3 Å². The topological polar surface area (TPSA) is 64.7 Å². The van der Waals surface area contributed by atoms with E-state index >= 15 is 0 Å². The van der Waals surface area contributed by atoms with E-state index in [1.165, 1.54) is 12.8 Å². The molecule has 1 aromatic carbocycles. The van der Waals surface area contributed by atoms with Gasteiger partial charge in [-0.05, 0) is 37.3 Å². The molecule has 7 heteroatoms. The zero-order valence-electron chi connectivity index (χ0n) is 18.4. The third kappa shape index (κ3) is 5.96. The van der Waals surface area contributed by atoms with Gasteiger partial charge in [-0.15, -0.1) is 0 Å². The Kier molecular flexibility index (Phi) is 8.14. The van der Waals surface area contributed by atoms with E-state index in [1.54, 1.807) is 12.1 Å². The fraction of sp³-hybridized carbons (Fsp3) is 0.652. The molecule has 2 N–H and O–H groups in total. The van der Waals surface area contributed by atoms with E-state index in [-0.39, 0.29) is 17.9 Å². The lowest BCUT2D eigenvalue weighted by Crippen LogP contribution is -2.56. The molecule has 6 nitrogen and oxygen atoms in total. The Hall–Kier alpha value is -1.63. The zero-order valence-corrected chi connectivity index (χ0v) is 19.1. The quantitative estimate of drug-likeness (QED) is 0.721. The van der Waals surface area contributed by atoms with E-state index < -0.39 is 0 Å². The van der Waals surface area contributed by atoms with Crippen LogP contribution in [0.3, 0.4) is 0 Å². The van der Waals surface area contributed by atoms with Crippen molar-refractivity contribution in [2.24, 2.45) is 11.8 Å². The van der Waals surface area contributed by atoms with Crippen molar-refractivity contribution in [3.8, 4) is 0 Å². The molecule has 1 heterocycles. The van der Waals surface area contributed by atoms with Gasteiger partial charge >= 0.3 is 0 Å². The van der Waals surface area contributed by atoms with Crippen LogP contribution >= 0.6 is 11.6 Å². The van der Waals surface area contributed by atoms with Crippen molar-refractivity contribution < 1.29 is 9.59 Å². The van der Waals surface area contributed by atoms with Gasteiger partial charge in [-0.2, -0.15) is 0 Å². The van der Waals surface area contributed by atoms with Gasteiger partial charge in [0, 0.05) is 32.2 Å². The molecule has 0 bridgehead atoms. The van der Waals surface area contributed by atoms with Gasteiger partial charge in [0.1, 0.15) is 0 Å². The number of amides is 2. The first-order valence-corrected chi connectivity index (χ1v) is 11.5. The van der Waals surface area contributed by atoms with E-state index in [0.717, 1.165) is 32.6 Å². The van der Waals surface area contributed by atoms with Crippen molar-refractivity contribution in [2.45, 2.75) is 52.1 Å². The number of nitrogens with one attached hydrogen (secondary N) is 2. The molecule has 0 spiro atoms. The van der Waals surface area contributed by atoms with Crippen molar-refractivity contribution in [2.75, 3.05) is 38.0 Å². The lowest BCUT2D eigenvalue weighted by molar-refractivity contribution is -0.128. The molecular formula is C23H35ClN4O2. The van der Waals surface area contributed by atoms with E-state index in [0.29, 0.717) is 35.1 Å². The van der Waals surface area contributed by atoms with Gasteiger partial charge in [0.25, 0.3) is 0 Å². The molecule has 2 fully saturated rings. The molecule has 3 rings (SSSR count). The molecule has 1 aliphatic carbocycles. The molecule has 2 aliphatic rings. The Morgan fingerprint density at radius 3 is 2.53 bits per heavy atom. The highest BCUT2D eigenvalue weighted by atomic mass is 35.5. The third-order valence-electron chi connectivity index (χ3n) is 6.88. The molecule has 4 atom stereocenters. The number of para-hydroxylation sites is 1. The number of rotatable bonds is 6. The summed E-state index contributed by atoms with van der Waals surface area (Å²) in [5, 5.41) is 6.71. The van der Waals surface area contributed by atoms with Crippen molar-refractivity contribution in [3.63, 3.8) is 0 Å². The highest BCUT2D eigenvalue weighted by molar-refractivity contribution is 6.33. The molecule has 0 aromatic heterocycles. The molecule has 0 radical (unpaired) electrons. The Morgan fingerprint density at radius 2 is 1.83 bits per heavy atom. The number of hydrogen-bond donors (Lipinski definition) is 2. The van der Waals surface area contributed by atoms with E-state index in [9.17, 15) is 9.59 Å². The number of nitrogens with zero attached hydrogens (tertiary/aromatic N) is 2. The summed E-state index contributed by atoms with van der Waals surface area (Å²) in [6, 6.07) is 7.39. The van der Waals surface area contributed by atoms with Gasteiger partial charge in [-0.3, -0.25) is 19.4 Å². The predicted octanol–water partition coefficient (Wildman–Crippen LogP) is 3.23. The highest BCUT2D eigenvalue weighted by Crippen LogP contribution is 2.29. The number of carbonyl (C=O) groups excluding carboxylic acids is 2. The second kappa shape index (κ2) is 10.6. The fourth-order valence-electron chi connectivity index (χ4n) is 4.52. The standard InChI is InChI=1S/C23H35ClN4O2/c1-16-7-6-10-20(17(16)2)26-23(30)18(3)28-13-11-27(12-14-28)15-22(29)25-21-9-5-4-8-19(21)24/h4-5,8-9,16-18,20H,6-7,10-15H2,1-3H3,(H,25,29)(H,26,30)/t16-,17+,18+,20+/m0/s1. The number of piperazine rings is 1. The number of anilines is 1. The first kappa shape index (κ1) is 23.0. The van der Waals surface area contributed by atoms with Crippen molar-refractivity contribution in [3.05, 3.63) is 29.3 Å². The summed E-state index contributed by atoms with van der Waals surface area (Å²) in [5.41, 5.74) is 0.638. The maximum Gasteiger partial charge on any atom is 0.238 e. The highest BCUT2D eigenvalue weighted by Gasteiger charge is 2.31. The second-order valence-corrected chi connectivity index (χ2v) is 9.31. The van der Waals surface area contributed by atoms with Crippen LogP contribution in [0.1, 0.15) is 40.0 Å². The molecule has 1 saturated carbocycles. The summed E-state index contributed by atoms with van der Waals surface area (Å²) in [7, 11) is 0. The lowest BCUT2D eigenvalue weighted by atomic mass is 9.78.